The van der Waals surface area contributed by atoms with Crippen LogP contribution in [0.2, 0.25) is 0 Å². The van der Waals surface area contributed by atoms with Gasteiger partial charge in [0.1, 0.15) is 5.82 Å². The third kappa shape index (κ3) is 4.93. The maximum atomic E-state index is 13.2. The standard InChI is InChI=1S/C27H24FN5OS/c28-19-11-13-20(14-12-19)30-24(34)15-18-33-26(25(31-27(33)35)22-9-4-5-16-29-22)23-10-6-17-32(23)21-7-2-1-3-8-21/h1-14,16-17,25-26H,15,18H2,(H,30,34)(H,31,35)/t25-,26-/m1/s1. The molecule has 6 nitrogen and oxygen atoms in total. The van der Waals surface area contributed by atoms with Gasteiger partial charge < -0.3 is 20.1 Å². The third-order valence-electron chi connectivity index (χ3n) is 6.02. The minimum absolute atomic E-state index is 0.169. The normalized spacial score (nSPS) is 17.3. The van der Waals surface area contributed by atoms with Crippen molar-refractivity contribution < 1.29 is 9.18 Å². The summed E-state index contributed by atoms with van der Waals surface area (Å²) in [6.45, 7) is 0.410. The maximum Gasteiger partial charge on any atom is 0.226 e. The van der Waals surface area contributed by atoms with Gasteiger partial charge in [-0.3, -0.25) is 9.78 Å². The van der Waals surface area contributed by atoms with Gasteiger partial charge in [0.25, 0.3) is 0 Å². The van der Waals surface area contributed by atoms with E-state index >= 15 is 0 Å². The number of hydrogen-bond acceptors (Lipinski definition) is 3. The maximum absolute atomic E-state index is 13.2. The third-order valence-corrected chi connectivity index (χ3v) is 6.38. The molecule has 2 aromatic heterocycles. The molecule has 2 aromatic carbocycles. The Kier molecular flexibility index (Phi) is 6.54. The van der Waals surface area contributed by atoms with Gasteiger partial charge in [-0.05, 0) is 72.9 Å². The summed E-state index contributed by atoms with van der Waals surface area (Å²) >= 11 is 5.73. The number of amides is 1. The van der Waals surface area contributed by atoms with Crippen LogP contribution >= 0.6 is 12.2 Å². The molecular formula is C27H24FN5OS. The molecule has 0 radical (unpaired) electrons. The number of benzene rings is 2. The monoisotopic (exact) mass is 485 g/mol. The number of carbonyl (C=O) groups is 1. The summed E-state index contributed by atoms with van der Waals surface area (Å²) < 4.78 is 15.3. The van der Waals surface area contributed by atoms with E-state index in [0.717, 1.165) is 17.1 Å². The molecule has 8 heteroatoms. The average Bonchev–Trinajstić information content (AvgIpc) is 3.49. The molecule has 1 fully saturated rings. The number of pyridine rings is 1. The SMILES string of the molecule is O=C(CCN1C(=S)N[C@H](c2ccccn2)[C@H]1c1cccn1-c1ccccc1)Nc1ccc(F)cc1. The fraction of sp³-hybridized carbons (Fsp3) is 0.148. The molecule has 0 bridgehead atoms. The molecule has 35 heavy (non-hydrogen) atoms. The summed E-state index contributed by atoms with van der Waals surface area (Å²) in [6, 6.07) is 25.4. The van der Waals surface area contributed by atoms with E-state index in [1.807, 2.05) is 53.6 Å². The quantitative estimate of drug-likeness (QED) is 0.360. The average molecular weight is 486 g/mol. The van der Waals surface area contributed by atoms with Gasteiger partial charge in [-0.2, -0.15) is 0 Å². The van der Waals surface area contributed by atoms with Crippen LogP contribution < -0.4 is 10.6 Å². The van der Waals surface area contributed by atoms with Crippen molar-refractivity contribution in [3.63, 3.8) is 0 Å². The zero-order valence-electron chi connectivity index (χ0n) is 18.8. The fourth-order valence-electron chi connectivity index (χ4n) is 4.41. The molecule has 3 heterocycles. The number of rotatable bonds is 7. The first-order chi connectivity index (χ1) is 17.1. The number of carbonyl (C=O) groups excluding carboxylic acids is 1. The van der Waals surface area contributed by atoms with Crippen LogP contribution in [0.25, 0.3) is 5.69 Å². The van der Waals surface area contributed by atoms with E-state index in [-0.39, 0.29) is 30.2 Å². The van der Waals surface area contributed by atoms with Crippen LogP contribution in [0.4, 0.5) is 10.1 Å². The topological polar surface area (TPSA) is 62.2 Å². The Labute approximate surface area is 208 Å². The molecule has 0 unspecified atom stereocenters. The molecule has 176 valence electrons. The number of nitrogens with zero attached hydrogens (tertiary/aromatic N) is 3. The molecule has 1 saturated heterocycles. The van der Waals surface area contributed by atoms with Gasteiger partial charge in [0.2, 0.25) is 5.91 Å². The highest BCUT2D eigenvalue weighted by molar-refractivity contribution is 7.80. The van der Waals surface area contributed by atoms with E-state index < -0.39 is 0 Å². The van der Waals surface area contributed by atoms with E-state index in [1.54, 1.807) is 18.3 Å². The summed E-state index contributed by atoms with van der Waals surface area (Å²) in [5.74, 6) is -0.515. The Morgan fingerprint density at radius 1 is 1.00 bits per heavy atom. The van der Waals surface area contributed by atoms with Crippen LogP contribution in [0, 0.1) is 5.82 Å². The molecule has 2 N–H and O–H groups in total. The summed E-state index contributed by atoms with van der Waals surface area (Å²) in [5.41, 5.74) is 3.51. The first-order valence-corrected chi connectivity index (χ1v) is 11.8. The van der Waals surface area contributed by atoms with Crippen LogP contribution in [0.3, 0.4) is 0 Å². The number of thiocarbonyl (C=S) groups is 1. The second kappa shape index (κ2) is 10.1. The largest absolute Gasteiger partial charge is 0.352 e. The Morgan fingerprint density at radius 3 is 2.51 bits per heavy atom. The summed E-state index contributed by atoms with van der Waals surface area (Å²) in [6.07, 6.45) is 4.02. The highest BCUT2D eigenvalue weighted by atomic mass is 32.1. The highest BCUT2D eigenvalue weighted by Crippen LogP contribution is 2.39. The van der Waals surface area contributed by atoms with Gasteiger partial charge in [0, 0.05) is 42.4 Å². The molecule has 1 aliphatic rings. The first kappa shape index (κ1) is 22.7. The molecule has 1 amide bonds. The molecule has 5 rings (SSSR count). The first-order valence-electron chi connectivity index (χ1n) is 11.4. The van der Waals surface area contributed by atoms with Gasteiger partial charge >= 0.3 is 0 Å². The van der Waals surface area contributed by atoms with Gasteiger partial charge in [-0.15, -0.1) is 0 Å². The van der Waals surface area contributed by atoms with Crippen molar-refractivity contribution in [2.24, 2.45) is 0 Å². The van der Waals surface area contributed by atoms with Crippen molar-refractivity contribution in [3.05, 3.63) is 115 Å². The van der Waals surface area contributed by atoms with Gasteiger partial charge in [-0.1, -0.05) is 24.3 Å². The molecular weight excluding hydrogens is 461 g/mol. The van der Waals surface area contributed by atoms with Crippen LogP contribution in [0.1, 0.15) is 29.9 Å². The Balaban J connectivity index is 1.42. The van der Waals surface area contributed by atoms with Crippen molar-refractivity contribution in [3.8, 4) is 5.69 Å². The van der Waals surface area contributed by atoms with Crippen LogP contribution in [-0.4, -0.2) is 32.0 Å². The predicted octanol–water partition coefficient (Wildman–Crippen LogP) is 5.01. The lowest BCUT2D eigenvalue weighted by molar-refractivity contribution is -0.116. The molecule has 1 aliphatic heterocycles. The Bertz CT molecular complexity index is 1310. The van der Waals surface area contributed by atoms with Crippen LogP contribution in [-0.2, 0) is 4.79 Å². The number of para-hydroxylation sites is 1. The summed E-state index contributed by atoms with van der Waals surface area (Å²) in [4.78, 5) is 19.3. The zero-order chi connectivity index (χ0) is 24.2. The number of hydrogen-bond donors (Lipinski definition) is 2. The molecule has 0 saturated carbocycles. The van der Waals surface area contributed by atoms with Crippen LogP contribution in [0.5, 0.6) is 0 Å². The van der Waals surface area contributed by atoms with Crippen molar-refractivity contribution in [1.29, 1.82) is 0 Å². The molecule has 2 atom stereocenters. The summed E-state index contributed by atoms with van der Waals surface area (Å²) in [5, 5.41) is 6.82. The zero-order valence-corrected chi connectivity index (χ0v) is 19.7. The van der Waals surface area contributed by atoms with Gasteiger partial charge in [-0.25, -0.2) is 4.39 Å². The number of anilines is 1. The van der Waals surface area contributed by atoms with Crippen LogP contribution in [0.15, 0.2) is 97.3 Å². The Hall–Kier alpha value is -4.04. The Morgan fingerprint density at radius 2 is 1.77 bits per heavy atom. The summed E-state index contributed by atoms with van der Waals surface area (Å²) in [7, 11) is 0. The lowest BCUT2D eigenvalue weighted by Crippen LogP contribution is -2.33. The minimum atomic E-state index is -0.346. The second-order valence-corrected chi connectivity index (χ2v) is 8.65. The van der Waals surface area contributed by atoms with Crippen molar-refractivity contribution >= 4 is 28.9 Å². The molecule has 0 aliphatic carbocycles. The van der Waals surface area contributed by atoms with Crippen molar-refractivity contribution in [2.45, 2.75) is 18.5 Å². The minimum Gasteiger partial charge on any atom is -0.352 e. The number of nitrogens with one attached hydrogen (secondary N) is 2. The van der Waals surface area contributed by atoms with Gasteiger partial charge in [0.05, 0.1) is 17.8 Å². The smallest absolute Gasteiger partial charge is 0.226 e. The lowest BCUT2D eigenvalue weighted by atomic mass is 10.0. The number of halogens is 1. The van der Waals surface area contributed by atoms with E-state index in [4.69, 9.17) is 12.2 Å². The van der Waals surface area contributed by atoms with Crippen molar-refractivity contribution in [1.82, 2.24) is 19.8 Å². The van der Waals surface area contributed by atoms with Crippen molar-refractivity contribution in [2.75, 3.05) is 11.9 Å². The van der Waals surface area contributed by atoms with Gasteiger partial charge in [0.15, 0.2) is 5.11 Å². The van der Waals surface area contributed by atoms with E-state index in [2.05, 4.69) is 38.4 Å². The second-order valence-electron chi connectivity index (χ2n) is 8.26. The van der Waals surface area contributed by atoms with E-state index in [1.165, 1.54) is 12.1 Å². The van der Waals surface area contributed by atoms with E-state index in [0.29, 0.717) is 17.3 Å². The highest BCUT2D eigenvalue weighted by Gasteiger charge is 2.41. The fourth-order valence-corrected chi connectivity index (χ4v) is 4.74. The lowest BCUT2D eigenvalue weighted by Gasteiger charge is -2.28. The molecule has 4 aromatic rings. The molecule has 0 spiro atoms. The number of aromatic nitrogens is 2. The predicted molar refractivity (Wildman–Crippen MR) is 138 cm³/mol. The van der Waals surface area contributed by atoms with E-state index in [9.17, 15) is 9.18 Å².